The largest absolute Gasteiger partial charge is 0.471 e. The summed E-state index contributed by atoms with van der Waals surface area (Å²) in [7, 11) is 0. The summed E-state index contributed by atoms with van der Waals surface area (Å²) in [6, 6.07) is 8.29. The maximum atomic E-state index is 13.6. The summed E-state index contributed by atoms with van der Waals surface area (Å²) in [4.78, 5) is 12.1. The summed E-state index contributed by atoms with van der Waals surface area (Å²) in [6.07, 6.45) is 1.40. The maximum absolute atomic E-state index is 13.6. The maximum Gasteiger partial charge on any atom is 0.276 e. The third-order valence-electron chi connectivity index (χ3n) is 3.40. The second-order valence-electron chi connectivity index (χ2n) is 5.27. The summed E-state index contributed by atoms with van der Waals surface area (Å²) in [5, 5.41) is 5.66. The van der Waals surface area contributed by atoms with E-state index >= 15 is 0 Å². The number of rotatable bonds is 5. The van der Waals surface area contributed by atoms with E-state index in [2.05, 4.69) is 21.0 Å². The summed E-state index contributed by atoms with van der Waals surface area (Å²) < 4.78 is 61.2. The highest BCUT2D eigenvalue weighted by atomic mass is 79.9. The van der Waals surface area contributed by atoms with E-state index in [0.29, 0.717) is 5.75 Å². The van der Waals surface area contributed by atoms with E-state index < -0.39 is 34.9 Å². The molecule has 1 N–H and O–H groups in total. The highest BCUT2D eigenvalue weighted by molar-refractivity contribution is 9.10. The van der Waals surface area contributed by atoms with Gasteiger partial charge in [-0.2, -0.15) is 5.10 Å². The Balaban J connectivity index is 1.69. The van der Waals surface area contributed by atoms with Gasteiger partial charge >= 0.3 is 0 Å². The second kappa shape index (κ2) is 7.78. The van der Waals surface area contributed by atoms with Crippen LogP contribution in [0.4, 0.5) is 23.2 Å². The topological polar surface area (TPSA) is 56.2 Å². The average molecular weight is 444 g/mol. The molecule has 27 heavy (non-hydrogen) atoms. The molecule has 3 rings (SSSR count). The third-order valence-corrected chi connectivity index (χ3v) is 3.93. The lowest BCUT2D eigenvalue weighted by Gasteiger charge is -2.08. The SMILES string of the molecule is O=C(Nc1c(F)c(F)cc(F)c1F)c1ccn(COc2ccc(Br)cc2)n1. The molecule has 0 saturated heterocycles. The lowest BCUT2D eigenvalue weighted by atomic mass is 10.2. The Labute approximate surface area is 158 Å². The van der Waals surface area contributed by atoms with Crippen LogP contribution < -0.4 is 10.1 Å². The van der Waals surface area contributed by atoms with Crippen LogP contribution in [0.1, 0.15) is 10.5 Å². The van der Waals surface area contributed by atoms with Crippen molar-refractivity contribution in [1.82, 2.24) is 9.78 Å². The van der Waals surface area contributed by atoms with Gasteiger partial charge in [-0.3, -0.25) is 4.79 Å². The van der Waals surface area contributed by atoms with E-state index in [-0.39, 0.29) is 18.5 Å². The molecule has 0 aliphatic rings. The number of ether oxygens (including phenoxy) is 1. The molecule has 0 radical (unpaired) electrons. The number of hydrogen-bond acceptors (Lipinski definition) is 3. The van der Waals surface area contributed by atoms with E-state index in [1.807, 2.05) is 0 Å². The van der Waals surface area contributed by atoms with Crippen LogP contribution in [0.3, 0.4) is 0 Å². The van der Waals surface area contributed by atoms with Gasteiger partial charge in [0.25, 0.3) is 5.91 Å². The normalized spacial score (nSPS) is 10.7. The Hall–Kier alpha value is -2.88. The molecule has 0 unspecified atom stereocenters. The van der Waals surface area contributed by atoms with Gasteiger partial charge < -0.3 is 10.1 Å². The number of aromatic nitrogens is 2. The van der Waals surface area contributed by atoms with Crippen LogP contribution in [0, 0.1) is 23.3 Å². The molecule has 0 spiro atoms. The van der Waals surface area contributed by atoms with Gasteiger partial charge in [-0.25, -0.2) is 22.2 Å². The highest BCUT2D eigenvalue weighted by Crippen LogP contribution is 2.24. The lowest BCUT2D eigenvalue weighted by Crippen LogP contribution is -2.17. The Bertz CT molecular complexity index is 966. The zero-order valence-corrected chi connectivity index (χ0v) is 14.9. The fraction of sp³-hybridized carbons (Fsp3) is 0.0588. The van der Waals surface area contributed by atoms with Crippen molar-refractivity contribution in [3.05, 3.63) is 76.0 Å². The van der Waals surface area contributed by atoms with Crippen LogP contribution in [0.25, 0.3) is 0 Å². The van der Waals surface area contributed by atoms with Gasteiger partial charge in [-0.15, -0.1) is 0 Å². The molecule has 2 aromatic carbocycles. The van der Waals surface area contributed by atoms with Gasteiger partial charge in [0.2, 0.25) is 0 Å². The smallest absolute Gasteiger partial charge is 0.276 e. The monoisotopic (exact) mass is 443 g/mol. The van der Waals surface area contributed by atoms with Gasteiger partial charge in [0.15, 0.2) is 35.7 Å². The van der Waals surface area contributed by atoms with E-state index in [1.54, 1.807) is 29.6 Å². The first-order chi connectivity index (χ1) is 12.8. The zero-order valence-electron chi connectivity index (χ0n) is 13.3. The van der Waals surface area contributed by atoms with Crippen LogP contribution in [0.5, 0.6) is 5.75 Å². The minimum Gasteiger partial charge on any atom is -0.471 e. The molecule has 0 bridgehead atoms. The van der Waals surface area contributed by atoms with Gasteiger partial charge in [-0.1, -0.05) is 15.9 Å². The van der Waals surface area contributed by atoms with Crippen molar-refractivity contribution in [3.8, 4) is 5.75 Å². The van der Waals surface area contributed by atoms with Crippen LogP contribution in [0.2, 0.25) is 0 Å². The Kier molecular flexibility index (Phi) is 5.45. The molecule has 0 saturated carbocycles. The summed E-state index contributed by atoms with van der Waals surface area (Å²) in [5.74, 6) is -7.16. The summed E-state index contributed by atoms with van der Waals surface area (Å²) in [5.41, 5.74) is -1.45. The van der Waals surface area contributed by atoms with E-state index in [0.717, 1.165) is 4.47 Å². The molecule has 3 aromatic rings. The minimum atomic E-state index is -1.71. The fourth-order valence-corrected chi connectivity index (χ4v) is 2.35. The molecule has 1 heterocycles. The minimum absolute atomic E-state index is 0.0355. The molecule has 0 aliphatic heterocycles. The molecule has 140 valence electrons. The van der Waals surface area contributed by atoms with Gasteiger partial charge in [0.05, 0.1) is 0 Å². The first-order valence-corrected chi connectivity index (χ1v) is 8.20. The summed E-state index contributed by atoms with van der Waals surface area (Å²) >= 11 is 3.29. The number of carbonyl (C=O) groups is 1. The number of amides is 1. The van der Waals surface area contributed by atoms with E-state index in [9.17, 15) is 22.4 Å². The van der Waals surface area contributed by atoms with Gasteiger partial charge in [-0.05, 0) is 30.3 Å². The molecule has 5 nitrogen and oxygen atoms in total. The molecule has 0 fully saturated rings. The zero-order chi connectivity index (χ0) is 19.6. The van der Waals surface area contributed by atoms with Crippen molar-refractivity contribution >= 4 is 27.5 Å². The third kappa shape index (κ3) is 4.27. The average Bonchev–Trinajstić information content (AvgIpc) is 3.12. The predicted molar refractivity (Wildman–Crippen MR) is 91.2 cm³/mol. The van der Waals surface area contributed by atoms with Crippen LogP contribution >= 0.6 is 15.9 Å². The van der Waals surface area contributed by atoms with Gasteiger partial charge in [0, 0.05) is 16.7 Å². The lowest BCUT2D eigenvalue weighted by molar-refractivity contribution is 0.101. The highest BCUT2D eigenvalue weighted by Gasteiger charge is 2.22. The quantitative estimate of drug-likeness (QED) is 0.466. The Morgan fingerprint density at radius 1 is 1.07 bits per heavy atom. The van der Waals surface area contributed by atoms with Gasteiger partial charge in [0.1, 0.15) is 11.4 Å². The molecule has 1 aromatic heterocycles. The standard InChI is InChI=1S/C17H10BrF4N3O2/c18-9-1-3-10(4-2-9)27-8-25-6-5-13(24-25)17(26)23-16-14(21)11(19)7-12(20)15(16)22/h1-7H,8H2,(H,23,26). The van der Waals surface area contributed by atoms with Crippen LogP contribution in [-0.2, 0) is 6.73 Å². The van der Waals surface area contributed by atoms with Crippen LogP contribution in [0.15, 0.2) is 47.1 Å². The van der Waals surface area contributed by atoms with Crippen molar-refractivity contribution < 1.29 is 27.1 Å². The number of benzene rings is 2. The first kappa shape index (κ1) is 18.9. The molecule has 0 aliphatic carbocycles. The van der Waals surface area contributed by atoms with E-state index in [1.165, 1.54) is 16.9 Å². The molecule has 10 heteroatoms. The number of hydrogen-bond donors (Lipinski definition) is 1. The van der Waals surface area contributed by atoms with Crippen molar-refractivity contribution in [2.24, 2.45) is 0 Å². The fourth-order valence-electron chi connectivity index (χ4n) is 2.09. The Morgan fingerprint density at radius 2 is 1.70 bits per heavy atom. The number of nitrogens with zero attached hydrogens (tertiary/aromatic N) is 2. The molecular weight excluding hydrogens is 434 g/mol. The Morgan fingerprint density at radius 3 is 2.33 bits per heavy atom. The van der Waals surface area contributed by atoms with Crippen LogP contribution in [-0.4, -0.2) is 15.7 Å². The van der Waals surface area contributed by atoms with Crippen molar-refractivity contribution in [1.29, 1.82) is 0 Å². The summed E-state index contributed by atoms with van der Waals surface area (Å²) in [6.45, 7) is -0.0355. The van der Waals surface area contributed by atoms with Crippen molar-refractivity contribution in [2.75, 3.05) is 5.32 Å². The van der Waals surface area contributed by atoms with Crippen molar-refractivity contribution in [3.63, 3.8) is 0 Å². The number of anilines is 1. The van der Waals surface area contributed by atoms with Crippen molar-refractivity contribution in [2.45, 2.75) is 6.73 Å². The first-order valence-electron chi connectivity index (χ1n) is 7.41. The molecule has 0 atom stereocenters. The predicted octanol–water partition coefficient (Wildman–Crippen LogP) is 4.49. The number of carbonyl (C=O) groups excluding carboxylic acids is 1. The molecular formula is C17H10BrF4N3O2. The van der Waals surface area contributed by atoms with E-state index in [4.69, 9.17) is 4.74 Å². The number of nitrogens with one attached hydrogen (secondary N) is 1. The number of halogens is 5. The second-order valence-corrected chi connectivity index (χ2v) is 6.18. The molecule has 1 amide bonds.